The Balaban J connectivity index is 2.60. The van der Waals surface area contributed by atoms with Crippen LogP contribution in [0.4, 0.5) is 0 Å². The van der Waals surface area contributed by atoms with Crippen molar-refractivity contribution in [3.05, 3.63) is 0 Å². The highest BCUT2D eigenvalue weighted by Gasteiger charge is 2.27. The van der Waals surface area contributed by atoms with Gasteiger partial charge in [0, 0.05) is 6.04 Å². The summed E-state index contributed by atoms with van der Waals surface area (Å²) in [6, 6.07) is 0.746. The van der Waals surface area contributed by atoms with Crippen molar-refractivity contribution in [1.29, 1.82) is 0 Å². The van der Waals surface area contributed by atoms with Crippen LogP contribution in [0.2, 0.25) is 0 Å². The van der Waals surface area contributed by atoms with Crippen LogP contribution in [0.5, 0.6) is 0 Å². The lowest BCUT2D eigenvalue weighted by Crippen LogP contribution is -2.43. The van der Waals surface area contributed by atoms with E-state index in [-0.39, 0.29) is 0 Å². The molecule has 0 spiro atoms. The van der Waals surface area contributed by atoms with Crippen molar-refractivity contribution in [3.63, 3.8) is 0 Å². The van der Waals surface area contributed by atoms with Crippen LogP contribution in [-0.2, 0) is 0 Å². The maximum Gasteiger partial charge on any atom is 0.0121 e. The monoisotopic (exact) mass is 197 g/mol. The second-order valence-electron chi connectivity index (χ2n) is 5.48. The fourth-order valence-electron chi connectivity index (χ4n) is 2.76. The first-order valence-corrected chi connectivity index (χ1v) is 6.36. The standard InChI is InChI=1S/C13H27N/c1-10(2)12-8-6-5-7-9-14-13(12)11(3)4/h10-14H,5-9H2,1-4H3. The molecule has 14 heavy (non-hydrogen) atoms. The van der Waals surface area contributed by atoms with E-state index in [0.717, 1.165) is 23.8 Å². The second kappa shape index (κ2) is 5.75. The highest BCUT2D eigenvalue weighted by atomic mass is 14.9. The average Bonchev–Trinajstić information content (AvgIpc) is 2.01. The minimum atomic E-state index is 0.746. The van der Waals surface area contributed by atoms with Gasteiger partial charge in [-0.25, -0.2) is 0 Å². The van der Waals surface area contributed by atoms with Crippen LogP contribution >= 0.6 is 0 Å². The molecule has 0 radical (unpaired) electrons. The van der Waals surface area contributed by atoms with Crippen molar-refractivity contribution in [2.45, 2.75) is 59.4 Å². The summed E-state index contributed by atoms with van der Waals surface area (Å²) in [7, 11) is 0. The van der Waals surface area contributed by atoms with Gasteiger partial charge in [0.2, 0.25) is 0 Å². The summed E-state index contributed by atoms with van der Waals surface area (Å²) in [4.78, 5) is 0. The summed E-state index contributed by atoms with van der Waals surface area (Å²) in [5.74, 6) is 2.49. The predicted molar refractivity (Wildman–Crippen MR) is 63.4 cm³/mol. The molecule has 1 heterocycles. The van der Waals surface area contributed by atoms with Crippen LogP contribution in [0, 0.1) is 17.8 Å². The summed E-state index contributed by atoms with van der Waals surface area (Å²) < 4.78 is 0. The van der Waals surface area contributed by atoms with E-state index in [9.17, 15) is 0 Å². The Bertz CT molecular complexity index is 133. The summed E-state index contributed by atoms with van der Waals surface area (Å²) in [5, 5.41) is 3.75. The molecule has 0 aliphatic carbocycles. The smallest absolute Gasteiger partial charge is 0.0121 e. The minimum Gasteiger partial charge on any atom is -0.313 e. The molecule has 1 N–H and O–H groups in total. The fraction of sp³-hybridized carbons (Fsp3) is 1.00. The Morgan fingerprint density at radius 1 is 0.929 bits per heavy atom. The van der Waals surface area contributed by atoms with Crippen molar-refractivity contribution in [3.8, 4) is 0 Å². The third-order valence-corrected chi connectivity index (χ3v) is 3.63. The van der Waals surface area contributed by atoms with Gasteiger partial charge in [-0.3, -0.25) is 0 Å². The average molecular weight is 197 g/mol. The Morgan fingerprint density at radius 2 is 1.64 bits per heavy atom. The summed E-state index contributed by atoms with van der Waals surface area (Å²) in [5.41, 5.74) is 0. The molecule has 1 saturated heterocycles. The third kappa shape index (κ3) is 3.27. The molecule has 1 aliphatic heterocycles. The van der Waals surface area contributed by atoms with Gasteiger partial charge < -0.3 is 5.32 Å². The van der Waals surface area contributed by atoms with Crippen LogP contribution < -0.4 is 5.32 Å². The molecule has 1 aliphatic rings. The van der Waals surface area contributed by atoms with E-state index in [2.05, 4.69) is 33.0 Å². The van der Waals surface area contributed by atoms with Crippen LogP contribution in [0.1, 0.15) is 53.4 Å². The van der Waals surface area contributed by atoms with E-state index in [0.29, 0.717) is 0 Å². The summed E-state index contributed by atoms with van der Waals surface area (Å²) in [6.45, 7) is 10.7. The van der Waals surface area contributed by atoms with Gasteiger partial charge in [-0.15, -0.1) is 0 Å². The largest absolute Gasteiger partial charge is 0.313 e. The quantitative estimate of drug-likeness (QED) is 0.715. The highest BCUT2D eigenvalue weighted by molar-refractivity contribution is 4.82. The fourth-order valence-corrected chi connectivity index (χ4v) is 2.76. The first kappa shape index (κ1) is 12.0. The van der Waals surface area contributed by atoms with Crippen LogP contribution in [-0.4, -0.2) is 12.6 Å². The van der Waals surface area contributed by atoms with Gasteiger partial charge in [0.1, 0.15) is 0 Å². The molecule has 1 fully saturated rings. The molecular weight excluding hydrogens is 170 g/mol. The third-order valence-electron chi connectivity index (χ3n) is 3.63. The molecule has 0 aromatic heterocycles. The maximum atomic E-state index is 3.75. The molecule has 0 amide bonds. The molecule has 1 rings (SSSR count). The van der Waals surface area contributed by atoms with Gasteiger partial charge in [-0.2, -0.15) is 0 Å². The van der Waals surface area contributed by atoms with Gasteiger partial charge in [-0.1, -0.05) is 40.5 Å². The number of nitrogens with one attached hydrogen (secondary N) is 1. The van der Waals surface area contributed by atoms with E-state index in [1.807, 2.05) is 0 Å². The summed E-state index contributed by atoms with van der Waals surface area (Å²) in [6.07, 6.45) is 5.65. The second-order valence-corrected chi connectivity index (χ2v) is 5.48. The predicted octanol–water partition coefficient (Wildman–Crippen LogP) is 3.45. The van der Waals surface area contributed by atoms with Crippen LogP contribution in [0.15, 0.2) is 0 Å². The zero-order chi connectivity index (χ0) is 10.6. The van der Waals surface area contributed by atoms with Gasteiger partial charge in [-0.05, 0) is 37.1 Å². The Hall–Kier alpha value is -0.0400. The Kier molecular flexibility index (Phi) is 4.94. The van der Waals surface area contributed by atoms with Gasteiger partial charge in [0.15, 0.2) is 0 Å². The molecule has 0 aromatic rings. The van der Waals surface area contributed by atoms with Gasteiger partial charge in [0.05, 0.1) is 0 Å². The number of hydrogen-bond donors (Lipinski definition) is 1. The molecule has 2 unspecified atom stereocenters. The Morgan fingerprint density at radius 3 is 2.21 bits per heavy atom. The molecular formula is C13H27N. The minimum absolute atomic E-state index is 0.746. The summed E-state index contributed by atoms with van der Waals surface area (Å²) >= 11 is 0. The van der Waals surface area contributed by atoms with Crippen LogP contribution in [0.25, 0.3) is 0 Å². The lowest BCUT2D eigenvalue weighted by atomic mass is 9.78. The molecule has 1 nitrogen and oxygen atoms in total. The highest BCUT2D eigenvalue weighted by Crippen LogP contribution is 2.27. The molecule has 84 valence electrons. The molecule has 0 saturated carbocycles. The van der Waals surface area contributed by atoms with Crippen molar-refractivity contribution in [2.75, 3.05) is 6.54 Å². The van der Waals surface area contributed by atoms with Crippen molar-refractivity contribution < 1.29 is 0 Å². The van der Waals surface area contributed by atoms with E-state index in [4.69, 9.17) is 0 Å². The molecule has 1 heteroatoms. The van der Waals surface area contributed by atoms with E-state index >= 15 is 0 Å². The molecule has 0 bridgehead atoms. The first-order chi connectivity index (χ1) is 6.63. The van der Waals surface area contributed by atoms with E-state index in [1.54, 1.807) is 0 Å². The maximum absolute atomic E-state index is 3.75. The lowest BCUT2D eigenvalue weighted by Gasteiger charge is -2.35. The number of hydrogen-bond acceptors (Lipinski definition) is 1. The zero-order valence-corrected chi connectivity index (χ0v) is 10.3. The number of rotatable bonds is 2. The lowest BCUT2D eigenvalue weighted by molar-refractivity contribution is 0.196. The van der Waals surface area contributed by atoms with Gasteiger partial charge in [0.25, 0.3) is 0 Å². The molecule has 0 aromatic carbocycles. The normalized spacial score (nSPS) is 30.4. The Labute approximate surface area is 89.7 Å². The zero-order valence-electron chi connectivity index (χ0n) is 10.3. The van der Waals surface area contributed by atoms with Crippen molar-refractivity contribution in [1.82, 2.24) is 5.32 Å². The van der Waals surface area contributed by atoms with Crippen molar-refractivity contribution in [2.24, 2.45) is 17.8 Å². The van der Waals surface area contributed by atoms with Crippen LogP contribution in [0.3, 0.4) is 0 Å². The topological polar surface area (TPSA) is 12.0 Å². The van der Waals surface area contributed by atoms with Gasteiger partial charge >= 0.3 is 0 Å². The molecule has 2 atom stereocenters. The van der Waals surface area contributed by atoms with Crippen molar-refractivity contribution >= 4 is 0 Å². The SMILES string of the molecule is CC(C)C1CCCCCNC1C(C)C. The van der Waals surface area contributed by atoms with E-state index in [1.165, 1.54) is 32.2 Å². The van der Waals surface area contributed by atoms with E-state index < -0.39 is 0 Å². The first-order valence-electron chi connectivity index (χ1n) is 6.36.